The minimum Gasteiger partial charge on any atom is -0.381 e. The van der Waals surface area contributed by atoms with E-state index >= 15 is 0 Å². The van der Waals surface area contributed by atoms with E-state index in [2.05, 4.69) is 0 Å². The smallest absolute Gasteiger partial charge is 0.0466 e. The second kappa shape index (κ2) is 6.78. The maximum Gasteiger partial charge on any atom is 0.0466 e. The first-order valence-electron chi connectivity index (χ1n) is 2.08. The van der Waals surface area contributed by atoms with Crippen LogP contribution in [0.1, 0.15) is 12.8 Å². The van der Waals surface area contributed by atoms with Crippen LogP contribution in [-0.4, -0.2) is 13.2 Å². The van der Waals surface area contributed by atoms with E-state index in [0.717, 1.165) is 13.2 Å². The van der Waals surface area contributed by atoms with Crippen LogP contribution in [0.15, 0.2) is 0 Å². The first-order chi connectivity index (χ1) is 2.50. The summed E-state index contributed by atoms with van der Waals surface area (Å²) in [4.78, 5) is 0. The van der Waals surface area contributed by atoms with Crippen molar-refractivity contribution in [3.63, 3.8) is 0 Å². The van der Waals surface area contributed by atoms with Gasteiger partial charge in [-0.2, -0.15) is 0 Å². The number of halogens is 1. The Morgan fingerprint density at radius 3 is 1.57 bits per heavy atom. The molecule has 1 fully saturated rings. The molecule has 0 radical (unpaired) electrons. The predicted octanol–water partition coefficient (Wildman–Crippen LogP) is 1.22. The minimum absolute atomic E-state index is 0. The number of ether oxygens (including phenoxy) is 1. The molecule has 1 aliphatic rings. The molecular formula is C4H9ClCrO. The molecule has 0 amide bonds. The van der Waals surface area contributed by atoms with Crippen LogP contribution in [0.5, 0.6) is 0 Å². The molecule has 1 aliphatic heterocycles. The molecule has 0 bridgehead atoms. The van der Waals surface area contributed by atoms with E-state index in [0.29, 0.717) is 0 Å². The Morgan fingerprint density at radius 2 is 1.43 bits per heavy atom. The van der Waals surface area contributed by atoms with Gasteiger partial charge in [-0.1, -0.05) is 0 Å². The molecule has 0 aromatic carbocycles. The standard InChI is InChI=1S/C4H8O.ClH.Cr/c1-2-4-5-3-1;;/h1-4H2;1H;. The summed E-state index contributed by atoms with van der Waals surface area (Å²) in [6.45, 7) is 2.00. The minimum atomic E-state index is 0. The van der Waals surface area contributed by atoms with Crippen molar-refractivity contribution < 1.29 is 22.1 Å². The monoisotopic (exact) mass is 160 g/mol. The van der Waals surface area contributed by atoms with Gasteiger partial charge in [0.15, 0.2) is 0 Å². The number of hydrogen-bond acceptors (Lipinski definition) is 1. The third-order valence-electron chi connectivity index (χ3n) is 0.827. The largest absolute Gasteiger partial charge is 0.381 e. The molecule has 0 aromatic heterocycles. The van der Waals surface area contributed by atoms with Gasteiger partial charge < -0.3 is 4.74 Å². The molecule has 0 atom stereocenters. The van der Waals surface area contributed by atoms with Gasteiger partial charge in [-0.05, 0) is 12.8 Å². The van der Waals surface area contributed by atoms with Crippen LogP contribution in [0.2, 0.25) is 0 Å². The molecule has 0 aliphatic carbocycles. The summed E-state index contributed by atoms with van der Waals surface area (Å²) in [5, 5.41) is 0. The fraction of sp³-hybridized carbons (Fsp3) is 1.00. The Morgan fingerprint density at radius 1 is 1.00 bits per heavy atom. The van der Waals surface area contributed by atoms with Crippen molar-refractivity contribution in [2.45, 2.75) is 12.8 Å². The molecule has 7 heavy (non-hydrogen) atoms. The fourth-order valence-corrected chi connectivity index (χ4v) is 0.510. The van der Waals surface area contributed by atoms with Crippen LogP contribution in [0, 0.1) is 0 Å². The second-order valence-electron chi connectivity index (χ2n) is 1.32. The summed E-state index contributed by atoms with van der Waals surface area (Å²) >= 11 is 0. The molecule has 0 saturated carbocycles. The zero-order valence-electron chi connectivity index (χ0n) is 4.05. The van der Waals surface area contributed by atoms with Crippen LogP contribution in [0.25, 0.3) is 0 Å². The van der Waals surface area contributed by atoms with E-state index in [4.69, 9.17) is 4.74 Å². The summed E-state index contributed by atoms with van der Waals surface area (Å²) < 4.78 is 4.94. The summed E-state index contributed by atoms with van der Waals surface area (Å²) in [6, 6.07) is 0. The van der Waals surface area contributed by atoms with Crippen molar-refractivity contribution in [2.75, 3.05) is 13.2 Å². The molecule has 3 heteroatoms. The normalized spacial score (nSPS) is 17.1. The van der Waals surface area contributed by atoms with Crippen LogP contribution < -0.4 is 0 Å². The Bertz CT molecular complexity index is 23.3. The van der Waals surface area contributed by atoms with Crippen molar-refractivity contribution in [3.8, 4) is 0 Å². The first kappa shape index (κ1) is 10.7. The van der Waals surface area contributed by atoms with Crippen molar-refractivity contribution in [2.24, 2.45) is 0 Å². The predicted molar refractivity (Wildman–Crippen MR) is 27.3 cm³/mol. The van der Waals surface area contributed by atoms with Crippen LogP contribution in [0.3, 0.4) is 0 Å². The fourth-order valence-electron chi connectivity index (χ4n) is 0.510. The average molecular weight is 161 g/mol. The van der Waals surface area contributed by atoms with Crippen molar-refractivity contribution in [1.82, 2.24) is 0 Å². The Labute approximate surface area is 61.0 Å². The van der Waals surface area contributed by atoms with Gasteiger partial charge in [-0.25, -0.2) is 0 Å². The van der Waals surface area contributed by atoms with Crippen molar-refractivity contribution in [3.05, 3.63) is 0 Å². The Hall–Kier alpha value is 0.782. The molecule has 1 heterocycles. The van der Waals surface area contributed by atoms with Gasteiger partial charge in [0.25, 0.3) is 0 Å². The van der Waals surface area contributed by atoms with E-state index < -0.39 is 0 Å². The zero-order valence-corrected chi connectivity index (χ0v) is 6.14. The van der Waals surface area contributed by atoms with Crippen molar-refractivity contribution >= 4 is 12.4 Å². The molecular weight excluding hydrogens is 151 g/mol. The summed E-state index contributed by atoms with van der Waals surface area (Å²) in [7, 11) is 0. The maximum atomic E-state index is 4.94. The quantitative estimate of drug-likeness (QED) is 0.518. The Kier molecular flexibility index (Phi) is 10.4. The zero-order chi connectivity index (χ0) is 3.54. The summed E-state index contributed by atoms with van der Waals surface area (Å²) in [6.07, 6.45) is 2.56. The van der Waals surface area contributed by atoms with Gasteiger partial charge in [0.1, 0.15) is 0 Å². The molecule has 0 aromatic rings. The average Bonchev–Trinajstić information content (AvgIpc) is 1.76. The third kappa shape index (κ3) is 4.64. The summed E-state index contributed by atoms with van der Waals surface area (Å²) in [5.41, 5.74) is 0. The third-order valence-corrected chi connectivity index (χ3v) is 0.827. The molecule has 1 rings (SSSR count). The van der Waals surface area contributed by atoms with E-state index in [-0.39, 0.29) is 29.8 Å². The van der Waals surface area contributed by atoms with Gasteiger partial charge in [-0.15, -0.1) is 12.4 Å². The van der Waals surface area contributed by atoms with E-state index in [9.17, 15) is 0 Å². The first-order valence-corrected chi connectivity index (χ1v) is 2.08. The molecule has 0 spiro atoms. The SMILES string of the molecule is C1CCOC1.Cl.[Cr]. The molecule has 1 saturated heterocycles. The summed E-state index contributed by atoms with van der Waals surface area (Å²) in [5.74, 6) is 0. The van der Waals surface area contributed by atoms with Crippen molar-refractivity contribution in [1.29, 1.82) is 0 Å². The van der Waals surface area contributed by atoms with Gasteiger partial charge >= 0.3 is 0 Å². The van der Waals surface area contributed by atoms with Crippen LogP contribution in [0.4, 0.5) is 0 Å². The van der Waals surface area contributed by atoms with Gasteiger partial charge in [0, 0.05) is 30.6 Å². The van der Waals surface area contributed by atoms with E-state index in [1.54, 1.807) is 0 Å². The van der Waals surface area contributed by atoms with Gasteiger partial charge in [0.2, 0.25) is 0 Å². The van der Waals surface area contributed by atoms with E-state index in [1.165, 1.54) is 12.8 Å². The Balaban J connectivity index is 0. The van der Waals surface area contributed by atoms with Crippen LogP contribution in [-0.2, 0) is 22.1 Å². The second-order valence-corrected chi connectivity index (χ2v) is 1.32. The molecule has 44 valence electrons. The number of rotatable bonds is 0. The van der Waals surface area contributed by atoms with Crippen LogP contribution >= 0.6 is 12.4 Å². The number of hydrogen-bond donors (Lipinski definition) is 0. The molecule has 0 N–H and O–H groups in total. The molecule has 1 nitrogen and oxygen atoms in total. The topological polar surface area (TPSA) is 9.23 Å². The maximum absolute atomic E-state index is 4.94. The van der Waals surface area contributed by atoms with E-state index in [1.807, 2.05) is 0 Å². The molecule has 0 unspecified atom stereocenters. The van der Waals surface area contributed by atoms with Gasteiger partial charge in [0.05, 0.1) is 0 Å². The van der Waals surface area contributed by atoms with Gasteiger partial charge in [-0.3, -0.25) is 0 Å².